The predicted octanol–water partition coefficient (Wildman–Crippen LogP) is 1.85. The van der Waals surface area contributed by atoms with Gasteiger partial charge in [-0.15, -0.1) is 0 Å². The van der Waals surface area contributed by atoms with Crippen LogP contribution in [0.1, 0.15) is 18.7 Å². The predicted molar refractivity (Wildman–Crippen MR) is 95.6 cm³/mol. The molecule has 24 heavy (non-hydrogen) atoms. The molecule has 0 saturated carbocycles. The third-order valence-corrected chi connectivity index (χ3v) is 4.93. The molecule has 126 valence electrons. The van der Waals surface area contributed by atoms with Crippen molar-refractivity contribution in [1.82, 2.24) is 14.7 Å². The van der Waals surface area contributed by atoms with E-state index in [4.69, 9.17) is 5.73 Å². The topological polar surface area (TPSA) is 104 Å². The molecule has 2 aromatic heterocycles. The first kappa shape index (κ1) is 16.8. The van der Waals surface area contributed by atoms with E-state index in [2.05, 4.69) is 14.7 Å². The Balaban J connectivity index is 1.94. The zero-order valence-electron chi connectivity index (χ0n) is 13.3. The standard InChI is InChI=1S/C17H20N4O2S/c1-11(22)16-10-15-14(6-8-19-17(15)21-16)12-2-4-13(5-3-12)24(23)20-9-7-18/h2-6,8,10-11,20,22H,7,9,18H2,1H3,(H,19,21). The van der Waals surface area contributed by atoms with Gasteiger partial charge in [-0.3, -0.25) is 0 Å². The van der Waals surface area contributed by atoms with Crippen LogP contribution < -0.4 is 10.5 Å². The average molecular weight is 344 g/mol. The van der Waals surface area contributed by atoms with E-state index >= 15 is 0 Å². The summed E-state index contributed by atoms with van der Waals surface area (Å²) in [7, 11) is -1.26. The summed E-state index contributed by atoms with van der Waals surface area (Å²) < 4.78 is 14.9. The second-order valence-corrected chi connectivity index (χ2v) is 6.80. The first-order valence-corrected chi connectivity index (χ1v) is 8.86. The minimum absolute atomic E-state index is 0.442. The van der Waals surface area contributed by atoms with Crippen molar-refractivity contribution in [3.8, 4) is 11.1 Å². The SMILES string of the molecule is CC(O)c1cc2c(-c3ccc(S(=O)NCCN)cc3)ccnc2[nH]1. The number of fused-ring (bicyclic) bond motifs is 1. The monoisotopic (exact) mass is 344 g/mol. The van der Waals surface area contributed by atoms with Crippen LogP contribution in [0.5, 0.6) is 0 Å². The Hall–Kier alpha value is -2.06. The number of pyridine rings is 1. The Kier molecular flexibility index (Phi) is 5.06. The van der Waals surface area contributed by atoms with Crippen LogP contribution >= 0.6 is 0 Å². The van der Waals surface area contributed by atoms with E-state index in [0.717, 1.165) is 27.9 Å². The van der Waals surface area contributed by atoms with Crippen LogP contribution in [0.25, 0.3) is 22.2 Å². The largest absolute Gasteiger partial charge is 0.387 e. The summed E-state index contributed by atoms with van der Waals surface area (Å²) in [5, 5.41) is 10.7. The lowest BCUT2D eigenvalue weighted by atomic mass is 10.0. The van der Waals surface area contributed by atoms with Gasteiger partial charge in [0.05, 0.1) is 11.0 Å². The Morgan fingerprint density at radius 1 is 1.33 bits per heavy atom. The number of aromatic amines is 1. The molecule has 3 aromatic rings. The molecule has 2 unspecified atom stereocenters. The van der Waals surface area contributed by atoms with Crippen molar-refractivity contribution in [2.24, 2.45) is 5.73 Å². The Bertz CT molecular complexity index is 859. The molecule has 0 saturated heterocycles. The van der Waals surface area contributed by atoms with Crippen LogP contribution in [0.3, 0.4) is 0 Å². The summed E-state index contributed by atoms with van der Waals surface area (Å²) in [5.41, 5.74) is 8.88. The maximum Gasteiger partial charge on any atom is 0.138 e. The van der Waals surface area contributed by atoms with Crippen LogP contribution in [-0.2, 0) is 11.0 Å². The molecule has 0 radical (unpaired) electrons. The second-order valence-electron chi connectivity index (χ2n) is 5.50. The van der Waals surface area contributed by atoms with Crippen LogP contribution in [0.2, 0.25) is 0 Å². The van der Waals surface area contributed by atoms with Crippen LogP contribution in [-0.4, -0.2) is 32.4 Å². The van der Waals surface area contributed by atoms with Gasteiger partial charge >= 0.3 is 0 Å². The number of hydrogen-bond donors (Lipinski definition) is 4. The van der Waals surface area contributed by atoms with Gasteiger partial charge in [0.25, 0.3) is 0 Å². The molecule has 0 aliphatic rings. The number of hydrogen-bond acceptors (Lipinski definition) is 4. The van der Waals surface area contributed by atoms with Crippen molar-refractivity contribution in [1.29, 1.82) is 0 Å². The summed E-state index contributed by atoms with van der Waals surface area (Å²) in [5.74, 6) is 0. The number of aromatic nitrogens is 2. The number of rotatable bonds is 6. The van der Waals surface area contributed by atoms with Crippen LogP contribution in [0.15, 0.2) is 47.5 Å². The first-order valence-electron chi connectivity index (χ1n) is 7.71. The molecule has 3 rings (SSSR count). The number of aliphatic hydroxyl groups is 1. The zero-order valence-corrected chi connectivity index (χ0v) is 14.1. The molecular weight excluding hydrogens is 324 g/mol. The summed E-state index contributed by atoms with van der Waals surface area (Å²) in [6, 6.07) is 11.4. The first-order chi connectivity index (χ1) is 11.6. The highest BCUT2D eigenvalue weighted by atomic mass is 32.2. The smallest absolute Gasteiger partial charge is 0.138 e. The van der Waals surface area contributed by atoms with Crippen LogP contribution in [0, 0.1) is 0 Å². The second kappa shape index (κ2) is 7.23. The Morgan fingerprint density at radius 2 is 2.08 bits per heavy atom. The molecule has 5 N–H and O–H groups in total. The molecule has 6 nitrogen and oxygen atoms in total. The fourth-order valence-corrected chi connectivity index (χ4v) is 3.37. The lowest BCUT2D eigenvalue weighted by Gasteiger charge is -2.06. The minimum Gasteiger partial charge on any atom is -0.387 e. The molecular formula is C17H20N4O2S. The molecule has 0 bridgehead atoms. The summed E-state index contributed by atoms with van der Waals surface area (Å²) in [6.07, 6.45) is 1.15. The van der Waals surface area contributed by atoms with Crippen molar-refractivity contribution in [3.63, 3.8) is 0 Å². The molecule has 2 heterocycles. The molecule has 0 aliphatic carbocycles. The number of nitrogens with two attached hydrogens (primary N) is 1. The number of H-pyrrole nitrogens is 1. The highest BCUT2D eigenvalue weighted by molar-refractivity contribution is 7.83. The summed E-state index contributed by atoms with van der Waals surface area (Å²) in [4.78, 5) is 8.14. The Morgan fingerprint density at radius 3 is 2.75 bits per heavy atom. The van der Waals surface area contributed by atoms with Crippen LogP contribution in [0.4, 0.5) is 0 Å². The van der Waals surface area contributed by atoms with Gasteiger partial charge in [0.15, 0.2) is 0 Å². The van der Waals surface area contributed by atoms with Gasteiger partial charge in [-0.25, -0.2) is 13.9 Å². The molecule has 0 aliphatic heterocycles. The lowest BCUT2D eigenvalue weighted by molar-refractivity contribution is 0.195. The molecule has 2 atom stereocenters. The van der Waals surface area contributed by atoms with E-state index in [1.807, 2.05) is 36.4 Å². The van der Waals surface area contributed by atoms with Gasteiger partial charge in [-0.05, 0) is 42.3 Å². The van der Waals surface area contributed by atoms with Gasteiger partial charge in [0.2, 0.25) is 0 Å². The van der Waals surface area contributed by atoms with E-state index in [1.54, 1.807) is 13.1 Å². The van der Waals surface area contributed by atoms with Gasteiger partial charge in [0, 0.05) is 30.4 Å². The summed E-state index contributed by atoms with van der Waals surface area (Å²) in [6.45, 7) is 2.66. The zero-order chi connectivity index (χ0) is 17.1. The number of benzene rings is 1. The molecule has 1 aromatic carbocycles. The van der Waals surface area contributed by atoms with E-state index in [-0.39, 0.29) is 0 Å². The van der Waals surface area contributed by atoms with Crippen molar-refractivity contribution in [3.05, 3.63) is 48.3 Å². The van der Waals surface area contributed by atoms with Gasteiger partial charge in [-0.2, -0.15) is 0 Å². The maximum absolute atomic E-state index is 12.0. The van der Waals surface area contributed by atoms with Crippen molar-refractivity contribution in [2.75, 3.05) is 13.1 Å². The van der Waals surface area contributed by atoms with E-state index < -0.39 is 17.1 Å². The maximum atomic E-state index is 12.0. The normalized spacial score (nSPS) is 14.0. The van der Waals surface area contributed by atoms with Gasteiger partial charge < -0.3 is 15.8 Å². The number of aliphatic hydroxyl groups excluding tert-OH is 1. The minimum atomic E-state index is -1.26. The molecule has 7 heteroatoms. The average Bonchev–Trinajstić information content (AvgIpc) is 3.04. The summed E-state index contributed by atoms with van der Waals surface area (Å²) >= 11 is 0. The molecule has 0 fully saturated rings. The molecule has 0 spiro atoms. The third-order valence-electron chi connectivity index (χ3n) is 3.76. The van der Waals surface area contributed by atoms with Gasteiger partial charge in [0.1, 0.15) is 16.6 Å². The van der Waals surface area contributed by atoms with E-state index in [1.165, 1.54) is 0 Å². The van der Waals surface area contributed by atoms with Crippen molar-refractivity contribution in [2.45, 2.75) is 17.9 Å². The van der Waals surface area contributed by atoms with Crippen molar-refractivity contribution >= 4 is 22.0 Å². The van der Waals surface area contributed by atoms with Gasteiger partial charge in [-0.1, -0.05) is 12.1 Å². The fraction of sp³-hybridized carbons (Fsp3) is 0.235. The van der Waals surface area contributed by atoms with Crippen molar-refractivity contribution < 1.29 is 9.32 Å². The number of nitrogens with zero attached hydrogens (tertiary/aromatic N) is 1. The highest BCUT2D eigenvalue weighted by Gasteiger charge is 2.11. The molecule has 0 amide bonds. The quantitative estimate of drug-likeness (QED) is 0.548. The lowest BCUT2D eigenvalue weighted by Crippen LogP contribution is -2.24. The van der Waals surface area contributed by atoms with E-state index in [0.29, 0.717) is 18.0 Å². The van der Waals surface area contributed by atoms with E-state index in [9.17, 15) is 9.32 Å². The Labute approximate surface area is 142 Å². The third kappa shape index (κ3) is 3.39. The fourth-order valence-electron chi connectivity index (χ4n) is 2.52. The highest BCUT2D eigenvalue weighted by Crippen LogP contribution is 2.29. The number of nitrogens with one attached hydrogen (secondary N) is 2.